The standard InChI is InChI=1S/C17H19N3O3S2/c1-10-5-6-14(23-4)13(9-10)20-25(21,22)16-8-7-15(24-16)17-11(2)12(3)18-19-17/h5-9,20H,1-4H3,(H,18,19). The van der Waals surface area contributed by atoms with Crippen molar-refractivity contribution in [2.75, 3.05) is 11.8 Å². The molecule has 2 aromatic heterocycles. The fraction of sp³-hybridized carbons (Fsp3) is 0.235. The number of ether oxygens (including phenoxy) is 1. The summed E-state index contributed by atoms with van der Waals surface area (Å²) in [6.45, 7) is 5.78. The van der Waals surface area contributed by atoms with Crippen LogP contribution in [0, 0.1) is 20.8 Å². The van der Waals surface area contributed by atoms with Gasteiger partial charge < -0.3 is 4.74 Å². The molecule has 0 saturated heterocycles. The number of hydrogen-bond donors (Lipinski definition) is 2. The van der Waals surface area contributed by atoms with Gasteiger partial charge in [0.25, 0.3) is 10.0 Å². The van der Waals surface area contributed by atoms with Crippen LogP contribution in [-0.2, 0) is 10.0 Å². The molecule has 0 bridgehead atoms. The maximum Gasteiger partial charge on any atom is 0.271 e. The zero-order valence-electron chi connectivity index (χ0n) is 14.4. The van der Waals surface area contributed by atoms with Crippen molar-refractivity contribution in [3.63, 3.8) is 0 Å². The number of aromatic nitrogens is 2. The Balaban J connectivity index is 1.94. The third-order valence-corrected chi connectivity index (χ3v) is 6.88. The molecular formula is C17H19N3O3S2. The number of aromatic amines is 1. The van der Waals surface area contributed by atoms with E-state index in [1.54, 1.807) is 24.3 Å². The van der Waals surface area contributed by atoms with E-state index >= 15 is 0 Å². The molecule has 0 fully saturated rings. The van der Waals surface area contributed by atoms with Gasteiger partial charge in [0, 0.05) is 5.69 Å². The predicted molar refractivity (Wildman–Crippen MR) is 99.9 cm³/mol. The molecule has 6 nitrogen and oxygen atoms in total. The summed E-state index contributed by atoms with van der Waals surface area (Å²) in [5, 5.41) is 7.17. The Labute approximate surface area is 150 Å². The Morgan fingerprint density at radius 2 is 1.92 bits per heavy atom. The molecule has 0 amide bonds. The first-order valence-electron chi connectivity index (χ1n) is 7.61. The predicted octanol–water partition coefficient (Wildman–Crippen LogP) is 3.87. The van der Waals surface area contributed by atoms with Crippen LogP contribution in [0.4, 0.5) is 5.69 Å². The number of benzene rings is 1. The minimum Gasteiger partial charge on any atom is -0.495 e. The van der Waals surface area contributed by atoms with E-state index in [2.05, 4.69) is 14.9 Å². The van der Waals surface area contributed by atoms with E-state index in [0.717, 1.165) is 27.4 Å². The van der Waals surface area contributed by atoms with Gasteiger partial charge in [-0.25, -0.2) is 8.42 Å². The second-order valence-corrected chi connectivity index (χ2v) is 8.74. The van der Waals surface area contributed by atoms with Gasteiger partial charge in [-0.05, 0) is 56.2 Å². The summed E-state index contributed by atoms with van der Waals surface area (Å²) in [4.78, 5) is 0.804. The third kappa shape index (κ3) is 3.40. The highest BCUT2D eigenvalue weighted by atomic mass is 32.2. The van der Waals surface area contributed by atoms with Gasteiger partial charge in [0.1, 0.15) is 15.7 Å². The first-order chi connectivity index (χ1) is 11.8. The molecule has 25 heavy (non-hydrogen) atoms. The molecule has 3 rings (SSSR count). The highest BCUT2D eigenvalue weighted by Crippen LogP contribution is 2.34. The number of aryl methyl sites for hydroxylation is 2. The summed E-state index contributed by atoms with van der Waals surface area (Å²) >= 11 is 1.18. The first-order valence-corrected chi connectivity index (χ1v) is 9.91. The minimum atomic E-state index is -3.71. The number of sulfonamides is 1. The van der Waals surface area contributed by atoms with Crippen LogP contribution in [0.2, 0.25) is 0 Å². The van der Waals surface area contributed by atoms with Crippen LogP contribution in [0.3, 0.4) is 0 Å². The number of methoxy groups -OCH3 is 1. The molecule has 2 N–H and O–H groups in total. The fourth-order valence-corrected chi connectivity index (χ4v) is 4.83. The van der Waals surface area contributed by atoms with E-state index in [1.807, 2.05) is 26.8 Å². The van der Waals surface area contributed by atoms with Crippen LogP contribution in [0.1, 0.15) is 16.8 Å². The average molecular weight is 377 g/mol. The van der Waals surface area contributed by atoms with E-state index in [9.17, 15) is 8.42 Å². The van der Waals surface area contributed by atoms with Crippen LogP contribution in [0.25, 0.3) is 10.6 Å². The Morgan fingerprint density at radius 3 is 2.56 bits per heavy atom. The molecule has 0 atom stereocenters. The molecule has 0 aliphatic carbocycles. The van der Waals surface area contributed by atoms with E-state index in [0.29, 0.717) is 11.4 Å². The summed E-state index contributed by atoms with van der Waals surface area (Å²) < 4.78 is 33.5. The molecule has 0 saturated carbocycles. The topological polar surface area (TPSA) is 84.1 Å². The number of nitrogens with one attached hydrogen (secondary N) is 2. The van der Waals surface area contributed by atoms with Crippen molar-refractivity contribution in [2.45, 2.75) is 25.0 Å². The number of thiophene rings is 1. The molecular weight excluding hydrogens is 358 g/mol. The fourth-order valence-electron chi connectivity index (χ4n) is 2.41. The quantitative estimate of drug-likeness (QED) is 0.707. The number of hydrogen-bond acceptors (Lipinski definition) is 5. The SMILES string of the molecule is COc1ccc(C)cc1NS(=O)(=O)c1ccc(-c2n[nH]c(C)c2C)s1. The monoisotopic (exact) mass is 377 g/mol. The van der Waals surface area contributed by atoms with Crippen LogP contribution < -0.4 is 9.46 Å². The van der Waals surface area contributed by atoms with Crippen molar-refractivity contribution in [2.24, 2.45) is 0 Å². The average Bonchev–Trinajstić information content (AvgIpc) is 3.16. The van der Waals surface area contributed by atoms with Gasteiger partial charge in [-0.1, -0.05) is 6.07 Å². The van der Waals surface area contributed by atoms with Gasteiger partial charge >= 0.3 is 0 Å². The maximum absolute atomic E-state index is 12.7. The molecule has 3 aromatic rings. The summed E-state index contributed by atoms with van der Waals surface area (Å²) in [6.07, 6.45) is 0. The van der Waals surface area contributed by atoms with Crippen molar-refractivity contribution < 1.29 is 13.2 Å². The number of anilines is 1. The number of H-pyrrole nitrogens is 1. The van der Waals surface area contributed by atoms with Gasteiger partial charge in [-0.15, -0.1) is 11.3 Å². The highest BCUT2D eigenvalue weighted by Gasteiger charge is 2.21. The van der Waals surface area contributed by atoms with Gasteiger partial charge in [0.15, 0.2) is 0 Å². The van der Waals surface area contributed by atoms with Gasteiger partial charge in [0.05, 0.1) is 17.7 Å². The van der Waals surface area contributed by atoms with E-state index in [-0.39, 0.29) is 4.21 Å². The highest BCUT2D eigenvalue weighted by molar-refractivity contribution is 7.94. The lowest BCUT2D eigenvalue weighted by atomic mass is 10.2. The van der Waals surface area contributed by atoms with Crippen LogP contribution in [-0.4, -0.2) is 25.7 Å². The molecule has 2 heterocycles. The summed E-state index contributed by atoms with van der Waals surface area (Å²) in [5.74, 6) is 0.477. The Morgan fingerprint density at radius 1 is 1.16 bits per heavy atom. The Kier molecular flexibility index (Phi) is 4.57. The zero-order chi connectivity index (χ0) is 18.2. The number of rotatable bonds is 5. The Hall–Kier alpha value is -2.32. The largest absolute Gasteiger partial charge is 0.495 e. The van der Waals surface area contributed by atoms with Crippen molar-refractivity contribution in [3.8, 4) is 16.3 Å². The second-order valence-electron chi connectivity index (χ2n) is 5.75. The lowest BCUT2D eigenvalue weighted by Crippen LogP contribution is -2.12. The lowest BCUT2D eigenvalue weighted by molar-refractivity contribution is 0.417. The second kappa shape index (κ2) is 6.53. The minimum absolute atomic E-state index is 0.228. The van der Waals surface area contributed by atoms with E-state index in [1.165, 1.54) is 18.4 Å². The van der Waals surface area contributed by atoms with Gasteiger partial charge in [-0.3, -0.25) is 9.82 Å². The van der Waals surface area contributed by atoms with Crippen molar-refractivity contribution >= 4 is 27.0 Å². The molecule has 0 unspecified atom stereocenters. The summed E-state index contributed by atoms with van der Waals surface area (Å²) in [6, 6.07) is 8.71. The number of nitrogens with zero attached hydrogens (tertiary/aromatic N) is 1. The van der Waals surface area contributed by atoms with E-state index in [4.69, 9.17) is 4.74 Å². The normalized spacial score (nSPS) is 11.5. The van der Waals surface area contributed by atoms with Gasteiger partial charge in [-0.2, -0.15) is 5.10 Å². The molecule has 0 radical (unpaired) electrons. The summed E-state index contributed by atoms with van der Waals surface area (Å²) in [5.41, 5.74) is 4.11. The lowest BCUT2D eigenvalue weighted by Gasteiger charge is -2.11. The molecule has 8 heteroatoms. The van der Waals surface area contributed by atoms with E-state index < -0.39 is 10.0 Å². The van der Waals surface area contributed by atoms with Crippen molar-refractivity contribution in [3.05, 3.63) is 47.2 Å². The first kappa shape index (κ1) is 17.5. The molecule has 0 spiro atoms. The summed E-state index contributed by atoms with van der Waals surface area (Å²) in [7, 11) is -2.20. The Bertz CT molecular complexity index is 1020. The molecule has 0 aliphatic rings. The zero-order valence-corrected chi connectivity index (χ0v) is 16.0. The van der Waals surface area contributed by atoms with Crippen molar-refractivity contribution in [1.29, 1.82) is 0 Å². The maximum atomic E-state index is 12.7. The molecule has 1 aromatic carbocycles. The van der Waals surface area contributed by atoms with Crippen LogP contribution >= 0.6 is 11.3 Å². The van der Waals surface area contributed by atoms with Crippen LogP contribution in [0.5, 0.6) is 5.75 Å². The van der Waals surface area contributed by atoms with Gasteiger partial charge in [0.2, 0.25) is 0 Å². The molecule has 132 valence electrons. The molecule has 0 aliphatic heterocycles. The third-order valence-electron chi connectivity index (χ3n) is 3.93. The smallest absolute Gasteiger partial charge is 0.271 e. The van der Waals surface area contributed by atoms with Crippen LogP contribution in [0.15, 0.2) is 34.5 Å². The van der Waals surface area contributed by atoms with Crippen molar-refractivity contribution in [1.82, 2.24) is 10.2 Å².